The topological polar surface area (TPSA) is 127 Å². The number of sulfonamides is 1. The summed E-state index contributed by atoms with van der Waals surface area (Å²) in [5.41, 5.74) is 6.23. The van der Waals surface area contributed by atoms with Crippen LogP contribution in [0.4, 0.5) is 11.4 Å². The second-order valence-corrected chi connectivity index (χ2v) is 8.09. The van der Waals surface area contributed by atoms with Gasteiger partial charge in [0, 0.05) is 16.8 Å². The Bertz CT molecular complexity index is 1030. The molecule has 3 rings (SSSR count). The zero-order chi connectivity index (χ0) is 19.8. The maximum atomic E-state index is 12.5. The second kappa shape index (κ2) is 6.84. The fraction of sp³-hybridized carbons (Fsp3) is 0.167. The van der Waals surface area contributed by atoms with Crippen LogP contribution in [0.15, 0.2) is 48.5 Å². The predicted molar refractivity (Wildman–Crippen MR) is 99.8 cm³/mol. The highest BCUT2D eigenvalue weighted by Crippen LogP contribution is 2.29. The van der Waals surface area contributed by atoms with Gasteiger partial charge in [-0.15, -0.1) is 0 Å². The number of nitrogens with two attached hydrogens (primary N) is 1. The molecule has 0 unspecified atom stereocenters. The number of nitrogens with one attached hydrogen (secondary N) is 1. The quantitative estimate of drug-likeness (QED) is 0.819. The zero-order valence-corrected chi connectivity index (χ0v) is 15.2. The molecule has 0 saturated carbocycles. The average molecular weight is 387 g/mol. The maximum absolute atomic E-state index is 12.5. The predicted octanol–water partition coefficient (Wildman–Crippen LogP) is 1.35. The molecule has 1 heterocycles. The van der Waals surface area contributed by atoms with Gasteiger partial charge in [0.25, 0.3) is 5.91 Å². The Balaban J connectivity index is 1.84. The fourth-order valence-corrected chi connectivity index (χ4v) is 4.59. The third-order valence-corrected chi connectivity index (χ3v) is 6.00. The fourth-order valence-electron chi connectivity index (χ4n) is 2.78. The molecule has 2 aromatic carbocycles. The summed E-state index contributed by atoms with van der Waals surface area (Å²) in [6.45, 7) is 1.55. The van der Waals surface area contributed by atoms with Crippen LogP contribution in [0.3, 0.4) is 0 Å². The van der Waals surface area contributed by atoms with Gasteiger partial charge in [0.15, 0.2) is 0 Å². The van der Waals surface area contributed by atoms with E-state index in [1.165, 1.54) is 48.5 Å². The Kier molecular flexibility index (Phi) is 4.71. The molecule has 3 N–H and O–H groups in total. The summed E-state index contributed by atoms with van der Waals surface area (Å²) in [5.74, 6) is -2.47. The van der Waals surface area contributed by atoms with Gasteiger partial charge in [0.2, 0.25) is 21.8 Å². The number of benzene rings is 2. The monoisotopic (exact) mass is 387 g/mol. The molecule has 2 aromatic rings. The number of primary amides is 1. The van der Waals surface area contributed by atoms with Crippen LogP contribution in [0.5, 0.6) is 0 Å². The maximum Gasteiger partial charge on any atom is 0.255 e. The van der Waals surface area contributed by atoms with E-state index in [-0.39, 0.29) is 17.0 Å². The van der Waals surface area contributed by atoms with Gasteiger partial charge in [-0.2, -0.15) is 0 Å². The van der Waals surface area contributed by atoms with E-state index in [0.717, 1.165) is 4.31 Å². The van der Waals surface area contributed by atoms with Crippen molar-refractivity contribution in [1.29, 1.82) is 0 Å². The molecule has 1 aliphatic heterocycles. The van der Waals surface area contributed by atoms with Crippen molar-refractivity contribution in [3.63, 3.8) is 0 Å². The van der Waals surface area contributed by atoms with Crippen LogP contribution in [-0.2, 0) is 14.8 Å². The summed E-state index contributed by atoms with van der Waals surface area (Å²) in [5, 5.41) is 2.64. The van der Waals surface area contributed by atoms with Crippen LogP contribution in [0.1, 0.15) is 27.6 Å². The molecule has 27 heavy (non-hydrogen) atoms. The lowest BCUT2D eigenvalue weighted by Crippen LogP contribution is -2.30. The zero-order valence-electron chi connectivity index (χ0n) is 14.4. The standard InChI is InChI=1S/C18H17N3O5S/c1-11-10-27(25,26)21(18(11)24)15-4-2-3-13(9-15)17(23)20-14-7-5-12(6-8-14)16(19)22/h2-9,11H,10H2,1H3,(H2,19,22)(H,20,23)/t11-/m1/s1. The van der Waals surface area contributed by atoms with Gasteiger partial charge in [0.05, 0.1) is 17.4 Å². The van der Waals surface area contributed by atoms with Crippen molar-refractivity contribution in [3.8, 4) is 0 Å². The molecule has 0 aromatic heterocycles. The SMILES string of the molecule is C[C@@H]1CS(=O)(=O)N(c2cccc(C(=O)Nc3ccc(C(N)=O)cc3)c2)C1=O. The summed E-state index contributed by atoms with van der Waals surface area (Å²) in [6.07, 6.45) is 0. The molecule has 9 heteroatoms. The summed E-state index contributed by atoms with van der Waals surface area (Å²) in [4.78, 5) is 35.7. The van der Waals surface area contributed by atoms with Gasteiger partial charge in [0.1, 0.15) is 0 Å². The minimum Gasteiger partial charge on any atom is -0.366 e. The van der Waals surface area contributed by atoms with Crippen molar-refractivity contribution < 1.29 is 22.8 Å². The Morgan fingerprint density at radius 2 is 1.78 bits per heavy atom. The van der Waals surface area contributed by atoms with E-state index in [2.05, 4.69) is 5.32 Å². The van der Waals surface area contributed by atoms with E-state index >= 15 is 0 Å². The highest BCUT2D eigenvalue weighted by molar-refractivity contribution is 7.94. The molecule has 1 aliphatic rings. The van der Waals surface area contributed by atoms with Crippen LogP contribution >= 0.6 is 0 Å². The Morgan fingerprint density at radius 1 is 1.11 bits per heavy atom. The number of anilines is 2. The minimum atomic E-state index is -3.74. The first-order chi connectivity index (χ1) is 12.7. The van der Waals surface area contributed by atoms with Gasteiger partial charge in [-0.3, -0.25) is 14.4 Å². The largest absolute Gasteiger partial charge is 0.366 e. The Hall–Kier alpha value is -3.20. The summed E-state index contributed by atoms with van der Waals surface area (Å²) in [6, 6.07) is 11.8. The van der Waals surface area contributed by atoms with Crippen LogP contribution < -0.4 is 15.4 Å². The molecule has 0 bridgehead atoms. The highest BCUT2D eigenvalue weighted by atomic mass is 32.2. The normalized spacial score (nSPS) is 18.3. The molecule has 1 atom stereocenters. The second-order valence-electron chi connectivity index (χ2n) is 6.23. The van der Waals surface area contributed by atoms with Crippen molar-refractivity contribution in [2.45, 2.75) is 6.92 Å². The van der Waals surface area contributed by atoms with Crippen molar-refractivity contribution in [2.24, 2.45) is 11.7 Å². The summed E-state index contributed by atoms with van der Waals surface area (Å²) < 4.78 is 25.2. The first-order valence-electron chi connectivity index (χ1n) is 8.07. The number of hydrogen-bond acceptors (Lipinski definition) is 5. The van der Waals surface area contributed by atoms with E-state index in [1.807, 2.05) is 0 Å². The number of carbonyl (C=O) groups is 3. The lowest BCUT2D eigenvalue weighted by atomic mass is 10.1. The van der Waals surface area contributed by atoms with Crippen LogP contribution in [0.25, 0.3) is 0 Å². The molecular weight excluding hydrogens is 370 g/mol. The molecule has 1 saturated heterocycles. The number of amides is 3. The minimum absolute atomic E-state index is 0.126. The molecule has 0 radical (unpaired) electrons. The van der Waals surface area contributed by atoms with Crippen molar-refractivity contribution in [2.75, 3.05) is 15.4 Å². The number of nitrogens with zero attached hydrogens (tertiary/aromatic N) is 1. The number of rotatable bonds is 4. The first kappa shape index (κ1) is 18.6. The molecule has 3 amide bonds. The lowest BCUT2D eigenvalue weighted by Gasteiger charge is -2.16. The molecular formula is C18H17N3O5S. The van der Waals surface area contributed by atoms with Crippen molar-refractivity contribution in [3.05, 3.63) is 59.7 Å². The smallest absolute Gasteiger partial charge is 0.255 e. The van der Waals surface area contributed by atoms with Gasteiger partial charge < -0.3 is 11.1 Å². The van der Waals surface area contributed by atoms with Gasteiger partial charge >= 0.3 is 0 Å². The summed E-state index contributed by atoms with van der Waals surface area (Å²) in [7, 11) is -3.74. The molecule has 1 fully saturated rings. The third kappa shape index (κ3) is 3.68. The highest BCUT2D eigenvalue weighted by Gasteiger charge is 2.42. The first-order valence-corrected chi connectivity index (χ1v) is 9.68. The van der Waals surface area contributed by atoms with E-state index < -0.39 is 33.7 Å². The molecule has 8 nitrogen and oxygen atoms in total. The van der Waals surface area contributed by atoms with Gasteiger partial charge in [-0.25, -0.2) is 12.7 Å². The van der Waals surface area contributed by atoms with E-state index in [4.69, 9.17) is 5.73 Å². The Morgan fingerprint density at radius 3 is 2.33 bits per heavy atom. The third-order valence-electron chi connectivity index (χ3n) is 4.13. The lowest BCUT2D eigenvalue weighted by molar-refractivity contribution is -0.119. The van der Waals surface area contributed by atoms with E-state index in [0.29, 0.717) is 11.3 Å². The van der Waals surface area contributed by atoms with Gasteiger partial charge in [-0.1, -0.05) is 13.0 Å². The summed E-state index contributed by atoms with van der Waals surface area (Å²) >= 11 is 0. The number of hydrogen-bond donors (Lipinski definition) is 2. The molecule has 0 spiro atoms. The Labute approximate surface area is 156 Å². The molecule has 140 valence electrons. The van der Waals surface area contributed by atoms with E-state index in [1.54, 1.807) is 6.92 Å². The molecule has 0 aliphatic carbocycles. The van der Waals surface area contributed by atoms with Gasteiger partial charge in [-0.05, 0) is 42.5 Å². The number of carbonyl (C=O) groups excluding carboxylic acids is 3. The van der Waals surface area contributed by atoms with E-state index in [9.17, 15) is 22.8 Å². The van der Waals surface area contributed by atoms with Crippen molar-refractivity contribution in [1.82, 2.24) is 0 Å². The average Bonchev–Trinajstić information content (AvgIpc) is 2.82. The van der Waals surface area contributed by atoms with Crippen LogP contribution in [0.2, 0.25) is 0 Å². The van der Waals surface area contributed by atoms with Crippen LogP contribution in [-0.4, -0.2) is 31.9 Å². The van der Waals surface area contributed by atoms with Crippen LogP contribution in [0, 0.1) is 5.92 Å². The van der Waals surface area contributed by atoms with Crippen molar-refractivity contribution >= 4 is 39.1 Å².